The van der Waals surface area contributed by atoms with Gasteiger partial charge in [0.25, 0.3) is 0 Å². The van der Waals surface area contributed by atoms with E-state index in [-0.39, 0.29) is 26.1 Å². The molecule has 302 valence electrons. The average Bonchev–Trinajstić information content (AvgIpc) is 3.14. The first-order valence-electron chi connectivity index (χ1n) is 20.6. The first-order chi connectivity index (χ1) is 25.3. The number of hydrogen-bond donors (Lipinski definition) is 4. The van der Waals surface area contributed by atoms with Crippen LogP contribution in [0.25, 0.3) is 0 Å². The van der Waals surface area contributed by atoms with E-state index in [1.165, 1.54) is 44.9 Å². The van der Waals surface area contributed by atoms with Crippen LogP contribution in [0, 0.1) is 0 Å². The minimum atomic E-state index is -1.60. The van der Waals surface area contributed by atoms with Gasteiger partial charge in [0.05, 0.1) is 13.2 Å². The predicted octanol–water partition coefficient (Wildman–Crippen LogP) is 7.94. The lowest BCUT2D eigenvalue weighted by molar-refractivity contribution is -0.305. The lowest BCUT2D eigenvalue weighted by atomic mass is 9.99. The van der Waals surface area contributed by atoms with Crippen LogP contribution in [0.3, 0.4) is 0 Å². The summed E-state index contributed by atoms with van der Waals surface area (Å²) in [5, 5.41) is 40.0. The van der Waals surface area contributed by atoms with E-state index in [1.807, 2.05) is 0 Å². The molecule has 6 unspecified atom stereocenters. The second kappa shape index (κ2) is 33.5. The van der Waals surface area contributed by atoms with Crippen molar-refractivity contribution < 1.29 is 49.0 Å². The van der Waals surface area contributed by atoms with Gasteiger partial charge in [-0.05, 0) is 64.2 Å². The summed E-state index contributed by atoms with van der Waals surface area (Å²) in [5.74, 6) is -0.835. The van der Waals surface area contributed by atoms with Crippen molar-refractivity contribution in [3.8, 4) is 0 Å². The summed E-state index contributed by atoms with van der Waals surface area (Å²) in [6.07, 6.45) is 28.6. The molecular formula is C42H74O10. The molecule has 52 heavy (non-hydrogen) atoms. The highest BCUT2D eigenvalue weighted by molar-refractivity contribution is 5.70. The SMILES string of the molecule is CCCC/C=C\C/C=C\CCCCCCCC(=O)OC(COC(=O)CCCCCCC/C=C\CCCCCC)COC1OC(CO)C(O)C(O)C1O. The molecule has 4 N–H and O–H groups in total. The Hall–Kier alpha value is -2.08. The molecule has 1 aliphatic rings. The van der Waals surface area contributed by atoms with Crippen LogP contribution in [-0.4, -0.2) is 89.0 Å². The van der Waals surface area contributed by atoms with Crippen molar-refractivity contribution in [2.45, 2.75) is 198 Å². The summed E-state index contributed by atoms with van der Waals surface area (Å²) >= 11 is 0. The van der Waals surface area contributed by atoms with Gasteiger partial charge in [-0.15, -0.1) is 0 Å². The summed E-state index contributed by atoms with van der Waals surface area (Å²) in [6, 6.07) is 0. The number of carbonyl (C=O) groups excluding carboxylic acids is 2. The molecule has 0 aliphatic carbocycles. The third kappa shape index (κ3) is 25.0. The molecule has 1 fully saturated rings. The number of aliphatic hydroxyl groups excluding tert-OH is 4. The maximum atomic E-state index is 12.7. The zero-order chi connectivity index (χ0) is 38.1. The molecule has 0 aromatic heterocycles. The van der Waals surface area contributed by atoms with Gasteiger partial charge in [0.2, 0.25) is 0 Å². The molecule has 0 bridgehead atoms. The van der Waals surface area contributed by atoms with Gasteiger partial charge in [-0.1, -0.05) is 121 Å². The zero-order valence-corrected chi connectivity index (χ0v) is 32.6. The molecule has 0 radical (unpaired) electrons. The van der Waals surface area contributed by atoms with Crippen LogP contribution in [0.2, 0.25) is 0 Å². The number of aliphatic hydroxyl groups is 4. The summed E-state index contributed by atoms with van der Waals surface area (Å²) in [5.41, 5.74) is 0. The molecular weight excluding hydrogens is 664 g/mol. The average molecular weight is 739 g/mol. The van der Waals surface area contributed by atoms with Crippen LogP contribution >= 0.6 is 0 Å². The van der Waals surface area contributed by atoms with E-state index in [0.29, 0.717) is 12.8 Å². The fraction of sp³-hybridized carbons (Fsp3) is 0.810. The highest BCUT2D eigenvalue weighted by Crippen LogP contribution is 2.22. The minimum Gasteiger partial charge on any atom is -0.462 e. The number of carbonyl (C=O) groups is 2. The molecule has 0 amide bonds. The number of hydrogen-bond acceptors (Lipinski definition) is 10. The first-order valence-corrected chi connectivity index (χ1v) is 20.6. The second-order valence-electron chi connectivity index (χ2n) is 14.1. The number of rotatable bonds is 33. The quantitative estimate of drug-likeness (QED) is 0.0297. The van der Waals surface area contributed by atoms with E-state index >= 15 is 0 Å². The minimum absolute atomic E-state index is 0.212. The smallest absolute Gasteiger partial charge is 0.306 e. The van der Waals surface area contributed by atoms with E-state index in [2.05, 4.69) is 50.3 Å². The van der Waals surface area contributed by atoms with Crippen molar-refractivity contribution in [3.63, 3.8) is 0 Å². The van der Waals surface area contributed by atoms with E-state index in [4.69, 9.17) is 18.9 Å². The highest BCUT2D eigenvalue weighted by Gasteiger charge is 2.44. The second-order valence-corrected chi connectivity index (χ2v) is 14.1. The van der Waals surface area contributed by atoms with Gasteiger partial charge in [-0.3, -0.25) is 9.59 Å². The molecule has 0 saturated carbocycles. The summed E-state index contributed by atoms with van der Waals surface area (Å²) in [6.45, 7) is 3.32. The Labute approximate surface area is 315 Å². The fourth-order valence-corrected chi connectivity index (χ4v) is 5.90. The predicted molar refractivity (Wildman–Crippen MR) is 206 cm³/mol. The Morgan fingerprint density at radius 3 is 1.67 bits per heavy atom. The molecule has 10 heteroatoms. The van der Waals surface area contributed by atoms with Crippen LogP contribution in [0.4, 0.5) is 0 Å². The lowest BCUT2D eigenvalue weighted by Crippen LogP contribution is -2.59. The monoisotopic (exact) mass is 739 g/mol. The van der Waals surface area contributed by atoms with Crippen LogP contribution in [-0.2, 0) is 28.5 Å². The molecule has 1 saturated heterocycles. The van der Waals surface area contributed by atoms with E-state index in [9.17, 15) is 30.0 Å². The van der Waals surface area contributed by atoms with Crippen LogP contribution in [0.15, 0.2) is 36.5 Å². The third-order valence-corrected chi connectivity index (χ3v) is 9.25. The van der Waals surface area contributed by atoms with E-state index in [1.54, 1.807) is 0 Å². The van der Waals surface area contributed by atoms with Gasteiger partial charge >= 0.3 is 11.9 Å². The Morgan fingerprint density at radius 1 is 0.596 bits per heavy atom. The Bertz CT molecular complexity index is 949. The topological polar surface area (TPSA) is 152 Å². The van der Waals surface area contributed by atoms with E-state index in [0.717, 1.165) is 77.0 Å². The van der Waals surface area contributed by atoms with Crippen molar-refractivity contribution in [2.75, 3.05) is 19.8 Å². The maximum absolute atomic E-state index is 12.7. The molecule has 0 aromatic rings. The van der Waals surface area contributed by atoms with Crippen molar-refractivity contribution in [3.05, 3.63) is 36.5 Å². The number of ether oxygens (including phenoxy) is 4. The van der Waals surface area contributed by atoms with Crippen molar-refractivity contribution in [2.24, 2.45) is 0 Å². The van der Waals surface area contributed by atoms with Gasteiger partial charge in [-0.2, -0.15) is 0 Å². The molecule has 6 atom stereocenters. The van der Waals surface area contributed by atoms with E-state index < -0.39 is 55.4 Å². The van der Waals surface area contributed by atoms with Crippen LogP contribution in [0.1, 0.15) is 162 Å². The van der Waals surface area contributed by atoms with Crippen molar-refractivity contribution in [1.29, 1.82) is 0 Å². The molecule has 0 spiro atoms. The zero-order valence-electron chi connectivity index (χ0n) is 32.6. The Balaban J connectivity index is 2.39. The first kappa shape index (κ1) is 47.9. The molecule has 1 heterocycles. The third-order valence-electron chi connectivity index (χ3n) is 9.25. The normalized spacial score (nSPS) is 21.4. The van der Waals surface area contributed by atoms with Gasteiger partial charge in [0.15, 0.2) is 12.4 Å². The summed E-state index contributed by atoms with van der Waals surface area (Å²) < 4.78 is 22.1. The van der Waals surface area contributed by atoms with Crippen LogP contribution < -0.4 is 0 Å². The van der Waals surface area contributed by atoms with Crippen LogP contribution in [0.5, 0.6) is 0 Å². The summed E-state index contributed by atoms with van der Waals surface area (Å²) in [7, 11) is 0. The fourth-order valence-electron chi connectivity index (χ4n) is 5.90. The van der Waals surface area contributed by atoms with Crippen molar-refractivity contribution in [1.82, 2.24) is 0 Å². The number of unbranched alkanes of at least 4 members (excludes halogenated alkanes) is 16. The highest BCUT2D eigenvalue weighted by atomic mass is 16.7. The molecule has 1 rings (SSSR count). The number of esters is 2. The molecule has 10 nitrogen and oxygen atoms in total. The standard InChI is InChI=1S/C42H74O10/c1-3-5-7-9-11-13-15-17-19-21-23-25-27-29-31-38(45)51-35(34-50-42-41(48)40(47)39(46)36(32-43)52-42)33-49-37(44)30-28-26-24-22-20-18-16-14-12-10-8-6-4-2/h9,11,14-17,35-36,39-43,46-48H,3-8,10,12-13,18-34H2,1-2H3/b11-9-,16-14-,17-15-. The van der Waals surface area contributed by atoms with Gasteiger partial charge in [0, 0.05) is 12.8 Å². The Morgan fingerprint density at radius 2 is 1.10 bits per heavy atom. The number of allylic oxidation sites excluding steroid dienone is 6. The van der Waals surface area contributed by atoms with Gasteiger partial charge in [0.1, 0.15) is 31.0 Å². The van der Waals surface area contributed by atoms with Gasteiger partial charge < -0.3 is 39.4 Å². The Kier molecular flexibility index (Phi) is 30.9. The maximum Gasteiger partial charge on any atom is 0.306 e. The lowest BCUT2D eigenvalue weighted by Gasteiger charge is -2.39. The summed E-state index contributed by atoms with van der Waals surface area (Å²) in [4.78, 5) is 25.2. The van der Waals surface area contributed by atoms with Crippen molar-refractivity contribution >= 4 is 11.9 Å². The largest absolute Gasteiger partial charge is 0.462 e. The molecule has 0 aromatic carbocycles. The van der Waals surface area contributed by atoms with Gasteiger partial charge in [-0.25, -0.2) is 0 Å². The molecule has 1 aliphatic heterocycles.